The standard InChI is InChI=1S/C74H144O17P2/c1-6-9-12-15-18-21-24-25-31-34-39-43-48-53-58-72(77)85-64-70(91-74(79)60-55-50-45-40-35-32-29-27-26-28-30-33-36-41-46-51-56-67(4)5)66-89-93(82,83)87-62-68(75)61-86-92(80,81)88-65-69(90-73(78)59-54-49-44-38-23-20-17-14-11-8-3)63-84-71(76)57-52-47-42-37-22-19-16-13-10-7-2/h67-70,75H,6-66H2,1-5H3,(H,80,81)(H,82,83)/t68-,69+,70+/m0/s1. The second-order valence-electron chi connectivity index (χ2n) is 27.2. The molecule has 0 aliphatic heterocycles. The number of hydrogen-bond acceptors (Lipinski definition) is 15. The molecule has 0 aromatic rings. The van der Waals surface area contributed by atoms with Crippen molar-refractivity contribution in [3.8, 4) is 0 Å². The van der Waals surface area contributed by atoms with Crippen LogP contribution < -0.4 is 0 Å². The van der Waals surface area contributed by atoms with E-state index in [1.807, 2.05) is 0 Å². The lowest BCUT2D eigenvalue weighted by Gasteiger charge is -2.21. The van der Waals surface area contributed by atoms with E-state index in [-0.39, 0.29) is 25.7 Å². The number of rotatable bonds is 74. The molecule has 0 saturated heterocycles. The highest BCUT2D eigenvalue weighted by molar-refractivity contribution is 7.47. The van der Waals surface area contributed by atoms with Crippen LogP contribution in [0.2, 0.25) is 0 Å². The van der Waals surface area contributed by atoms with E-state index in [9.17, 15) is 43.2 Å². The van der Waals surface area contributed by atoms with Gasteiger partial charge in [-0.2, -0.15) is 0 Å². The van der Waals surface area contributed by atoms with Crippen LogP contribution in [0.5, 0.6) is 0 Å². The minimum absolute atomic E-state index is 0.107. The van der Waals surface area contributed by atoms with Gasteiger partial charge in [0.05, 0.1) is 26.4 Å². The molecule has 0 bridgehead atoms. The fourth-order valence-corrected chi connectivity index (χ4v) is 12.9. The topological polar surface area (TPSA) is 237 Å². The number of carbonyl (C=O) groups excluding carboxylic acids is 4. The Labute approximate surface area is 568 Å². The number of unbranched alkanes of at least 4 members (excludes halogenated alkanes) is 46. The van der Waals surface area contributed by atoms with E-state index in [2.05, 4.69) is 34.6 Å². The zero-order chi connectivity index (χ0) is 68.4. The molecule has 19 heteroatoms. The summed E-state index contributed by atoms with van der Waals surface area (Å²) < 4.78 is 68.4. The number of carbonyl (C=O) groups is 4. The first-order chi connectivity index (χ1) is 45.0. The van der Waals surface area contributed by atoms with Crippen LogP contribution in [-0.4, -0.2) is 96.7 Å². The van der Waals surface area contributed by atoms with E-state index in [1.54, 1.807) is 0 Å². The number of phosphoric acid groups is 2. The first-order valence-electron chi connectivity index (χ1n) is 38.6. The van der Waals surface area contributed by atoms with Crippen molar-refractivity contribution in [2.75, 3.05) is 39.6 Å². The van der Waals surface area contributed by atoms with Crippen molar-refractivity contribution in [2.45, 2.75) is 406 Å². The van der Waals surface area contributed by atoms with Gasteiger partial charge in [0.25, 0.3) is 0 Å². The lowest BCUT2D eigenvalue weighted by Crippen LogP contribution is -2.30. The summed E-state index contributed by atoms with van der Waals surface area (Å²) in [5, 5.41) is 10.6. The van der Waals surface area contributed by atoms with Crippen molar-refractivity contribution in [1.82, 2.24) is 0 Å². The van der Waals surface area contributed by atoms with E-state index >= 15 is 0 Å². The van der Waals surface area contributed by atoms with Gasteiger partial charge in [0.2, 0.25) is 0 Å². The minimum atomic E-state index is -4.95. The molecule has 93 heavy (non-hydrogen) atoms. The predicted octanol–water partition coefficient (Wildman–Crippen LogP) is 21.7. The molecule has 2 unspecified atom stereocenters. The van der Waals surface area contributed by atoms with Gasteiger partial charge in [0, 0.05) is 25.7 Å². The van der Waals surface area contributed by atoms with Gasteiger partial charge in [-0.3, -0.25) is 37.3 Å². The molecule has 0 fully saturated rings. The van der Waals surface area contributed by atoms with E-state index in [0.29, 0.717) is 25.7 Å². The van der Waals surface area contributed by atoms with Gasteiger partial charge in [-0.05, 0) is 31.6 Å². The maximum absolute atomic E-state index is 13.1. The Bertz CT molecular complexity index is 1790. The maximum Gasteiger partial charge on any atom is 0.472 e. The number of aliphatic hydroxyl groups excluding tert-OH is 1. The zero-order valence-corrected chi connectivity index (χ0v) is 62.2. The Morgan fingerprint density at radius 2 is 0.495 bits per heavy atom. The third kappa shape index (κ3) is 68.4. The monoisotopic (exact) mass is 1370 g/mol. The Kier molecular flexibility index (Phi) is 65.9. The molecule has 0 aliphatic carbocycles. The van der Waals surface area contributed by atoms with Gasteiger partial charge < -0.3 is 33.8 Å². The van der Waals surface area contributed by atoms with Crippen LogP contribution in [0.15, 0.2) is 0 Å². The number of aliphatic hydroxyl groups is 1. The Morgan fingerprint density at radius 3 is 0.731 bits per heavy atom. The van der Waals surface area contributed by atoms with Gasteiger partial charge in [0.1, 0.15) is 19.3 Å². The molecule has 0 aromatic carbocycles. The van der Waals surface area contributed by atoms with Crippen LogP contribution in [-0.2, 0) is 65.4 Å². The van der Waals surface area contributed by atoms with Crippen molar-refractivity contribution < 1.29 is 80.2 Å². The lowest BCUT2D eigenvalue weighted by molar-refractivity contribution is -0.161. The van der Waals surface area contributed by atoms with Gasteiger partial charge in [-0.1, -0.05) is 336 Å². The molecule has 3 N–H and O–H groups in total. The molecule has 0 aliphatic rings. The van der Waals surface area contributed by atoms with Gasteiger partial charge >= 0.3 is 39.5 Å². The first kappa shape index (κ1) is 91.1. The quantitative estimate of drug-likeness (QED) is 0.0222. The number of phosphoric ester groups is 2. The SMILES string of the molecule is CCCCCCCCCCCCCCCCC(=O)OC[C@H](COP(=O)(O)OC[C@@H](O)COP(=O)(O)OC[C@@H](COC(=O)CCCCCCCCCCCC)OC(=O)CCCCCCCCCCCC)OC(=O)CCCCCCCCCCCCCCCCCCC(C)C. The van der Waals surface area contributed by atoms with E-state index in [0.717, 1.165) is 95.8 Å². The molecule has 5 atom stereocenters. The van der Waals surface area contributed by atoms with Crippen LogP contribution in [0.3, 0.4) is 0 Å². The predicted molar refractivity (Wildman–Crippen MR) is 377 cm³/mol. The van der Waals surface area contributed by atoms with Crippen molar-refractivity contribution in [1.29, 1.82) is 0 Å². The van der Waals surface area contributed by atoms with Crippen molar-refractivity contribution in [3.05, 3.63) is 0 Å². The van der Waals surface area contributed by atoms with Crippen LogP contribution in [0, 0.1) is 5.92 Å². The molecule has 0 saturated carbocycles. The lowest BCUT2D eigenvalue weighted by atomic mass is 10.0. The Morgan fingerprint density at radius 1 is 0.290 bits per heavy atom. The third-order valence-electron chi connectivity index (χ3n) is 17.3. The zero-order valence-electron chi connectivity index (χ0n) is 60.4. The molecule has 0 heterocycles. The summed E-state index contributed by atoms with van der Waals surface area (Å²) in [7, 11) is -9.90. The molecular formula is C74H144O17P2. The second-order valence-corrected chi connectivity index (χ2v) is 30.1. The average molecular weight is 1370 g/mol. The Hall–Kier alpha value is -1.94. The number of esters is 4. The molecule has 17 nitrogen and oxygen atoms in total. The van der Waals surface area contributed by atoms with Crippen LogP contribution in [0.1, 0.15) is 388 Å². The number of hydrogen-bond donors (Lipinski definition) is 3. The Balaban J connectivity index is 5.21. The molecule has 0 amide bonds. The molecule has 0 rings (SSSR count). The van der Waals surface area contributed by atoms with Crippen LogP contribution in [0.25, 0.3) is 0 Å². The highest BCUT2D eigenvalue weighted by Crippen LogP contribution is 2.45. The van der Waals surface area contributed by atoms with E-state index in [4.69, 9.17) is 37.0 Å². The smallest absolute Gasteiger partial charge is 0.462 e. The summed E-state index contributed by atoms with van der Waals surface area (Å²) in [6.45, 7) is 7.29. The summed E-state index contributed by atoms with van der Waals surface area (Å²) in [6.07, 6.45) is 55.4. The third-order valence-corrected chi connectivity index (χ3v) is 19.2. The largest absolute Gasteiger partial charge is 0.472 e. The van der Waals surface area contributed by atoms with Crippen molar-refractivity contribution in [3.63, 3.8) is 0 Å². The fourth-order valence-electron chi connectivity index (χ4n) is 11.4. The highest BCUT2D eigenvalue weighted by atomic mass is 31.2. The average Bonchev–Trinajstić information content (AvgIpc) is 2.02. The van der Waals surface area contributed by atoms with Gasteiger partial charge in [-0.15, -0.1) is 0 Å². The summed E-state index contributed by atoms with van der Waals surface area (Å²) in [5.41, 5.74) is 0. The number of ether oxygens (including phenoxy) is 4. The van der Waals surface area contributed by atoms with Crippen molar-refractivity contribution in [2.24, 2.45) is 5.92 Å². The van der Waals surface area contributed by atoms with Gasteiger partial charge in [0.15, 0.2) is 12.2 Å². The summed E-state index contributed by atoms with van der Waals surface area (Å²) in [6, 6.07) is 0. The summed E-state index contributed by atoms with van der Waals surface area (Å²) >= 11 is 0. The van der Waals surface area contributed by atoms with Crippen molar-refractivity contribution >= 4 is 39.5 Å². The minimum Gasteiger partial charge on any atom is -0.462 e. The summed E-state index contributed by atoms with van der Waals surface area (Å²) in [4.78, 5) is 72.6. The highest BCUT2D eigenvalue weighted by Gasteiger charge is 2.30. The van der Waals surface area contributed by atoms with Crippen LogP contribution in [0.4, 0.5) is 0 Å². The summed E-state index contributed by atoms with van der Waals surface area (Å²) in [5.74, 6) is -1.31. The van der Waals surface area contributed by atoms with Crippen LogP contribution >= 0.6 is 15.6 Å². The molecule has 0 aromatic heterocycles. The second kappa shape index (κ2) is 67.3. The molecule has 0 spiro atoms. The van der Waals surface area contributed by atoms with E-state index in [1.165, 1.54) is 212 Å². The maximum atomic E-state index is 13.1. The molecule has 552 valence electrons. The molecular weight excluding hydrogens is 1220 g/mol. The first-order valence-corrected chi connectivity index (χ1v) is 41.6. The van der Waals surface area contributed by atoms with Gasteiger partial charge in [-0.25, -0.2) is 9.13 Å². The molecule has 0 radical (unpaired) electrons. The normalized spacial score (nSPS) is 14.0. The fraction of sp³-hybridized carbons (Fsp3) is 0.946. The van der Waals surface area contributed by atoms with E-state index < -0.39 is 97.5 Å².